The van der Waals surface area contributed by atoms with Gasteiger partial charge in [0.15, 0.2) is 5.11 Å². The van der Waals surface area contributed by atoms with Crippen LogP contribution in [0.5, 0.6) is 0 Å². The van der Waals surface area contributed by atoms with Crippen molar-refractivity contribution in [3.63, 3.8) is 0 Å². The second-order valence-electron chi connectivity index (χ2n) is 4.63. The highest BCUT2D eigenvalue weighted by Crippen LogP contribution is 2.34. The first-order valence-electron chi connectivity index (χ1n) is 6.85. The molecule has 0 fully saturated rings. The van der Waals surface area contributed by atoms with Gasteiger partial charge in [-0.3, -0.25) is 0 Å². The van der Waals surface area contributed by atoms with Crippen LogP contribution >= 0.6 is 23.6 Å². The largest absolute Gasteiger partial charge is 0.467 e. The van der Waals surface area contributed by atoms with Gasteiger partial charge < -0.3 is 24.5 Å². The minimum absolute atomic E-state index is 0.255. The molecule has 0 saturated heterocycles. The normalized spacial score (nSPS) is 10.1. The highest BCUT2D eigenvalue weighted by atomic mass is 32.1. The zero-order chi connectivity index (χ0) is 17.7. The van der Waals surface area contributed by atoms with Crippen molar-refractivity contribution in [2.75, 3.05) is 19.5 Å². The van der Waals surface area contributed by atoms with Crippen molar-refractivity contribution in [1.82, 2.24) is 5.32 Å². The first-order chi connectivity index (χ1) is 11.5. The number of esters is 2. The molecule has 128 valence electrons. The maximum atomic E-state index is 12.0. The van der Waals surface area contributed by atoms with Gasteiger partial charge in [0.25, 0.3) is 0 Å². The summed E-state index contributed by atoms with van der Waals surface area (Å²) in [6, 6.07) is 3.58. The zero-order valence-electron chi connectivity index (χ0n) is 13.3. The smallest absolute Gasteiger partial charge is 0.348 e. The number of thiophene rings is 1. The van der Waals surface area contributed by atoms with Crippen LogP contribution in [0.1, 0.15) is 31.4 Å². The molecule has 0 unspecified atom stereocenters. The van der Waals surface area contributed by atoms with Crippen molar-refractivity contribution in [2.45, 2.75) is 13.5 Å². The molecule has 0 aliphatic heterocycles. The van der Waals surface area contributed by atoms with E-state index in [2.05, 4.69) is 10.6 Å². The van der Waals surface area contributed by atoms with Crippen LogP contribution in [0.2, 0.25) is 0 Å². The van der Waals surface area contributed by atoms with E-state index < -0.39 is 11.9 Å². The molecule has 2 rings (SSSR count). The summed E-state index contributed by atoms with van der Waals surface area (Å²) in [5.41, 5.74) is 0.736. The zero-order valence-corrected chi connectivity index (χ0v) is 14.9. The summed E-state index contributed by atoms with van der Waals surface area (Å²) in [4.78, 5) is 24.2. The molecule has 0 aromatic carbocycles. The predicted octanol–water partition coefficient (Wildman–Crippen LogP) is 2.71. The summed E-state index contributed by atoms with van der Waals surface area (Å²) in [5.74, 6) is -0.370. The number of ether oxygens (including phenoxy) is 2. The lowest BCUT2D eigenvalue weighted by Crippen LogP contribution is -2.28. The molecule has 0 atom stereocenters. The van der Waals surface area contributed by atoms with Crippen LogP contribution in [0, 0.1) is 6.92 Å². The quantitative estimate of drug-likeness (QED) is 0.615. The van der Waals surface area contributed by atoms with Crippen molar-refractivity contribution in [1.29, 1.82) is 0 Å². The number of carbonyl (C=O) groups is 2. The van der Waals surface area contributed by atoms with Crippen LogP contribution in [0.25, 0.3) is 0 Å². The molecular formula is C15H16N2O5S2. The molecular weight excluding hydrogens is 352 g/mol. The second kappa shape index (κ2) is 7.93. The van der Waals surface area contributed by atoms with Crippen molar-refractivity contribution < 1.29 is 23.5 Å². The van der Waals surface area contributed by atoms with E-state index in [1.807, 2.05) is 0 Å². The van der Waals surface area contributed by atoms with E-state index >= 15 is 0 Å². The number of thiocarbonyl (C=S) groups is 1. The molecule has 9 heteroatoms. The Morgan fingerprint density at radius 3 is 2.58 bits per heavy atom. The lowest BCUT2D eigenvalue weighted by Gasteiger charge is -2.09. The number of anilines is 1. The highest BCUT2D eigenvalue weighted by molar-refractivity contribution is 7.80. The number of rotatable bonds is 5. The first-order valence-corrected chi connectivity index (χ1v) is 8.07. The number of methoxy groups -OCH3 is 2. The first kappa shape index (κ1) is 18.0. The minimum Gasteiger partial charge on any atom is -0.467 e. The third-order valence-electron chi connectivity index (χ3n) is 3.14. The van der Waals surface area contributed by atoms with Gasteiger partial charge in [0, 0.05) is 0 Å². The van der Waals surface area contributed by atoms with Crippen LogP contribution < -0.4 is 10.6 Å². The summed E-state index contributed by atoms with van der Waals surface area (Å²) < 4.78 is 14.7. The average Bonchev–Trinajstić information content (AvgIpc) is 3.20. The molecule has 0 radical (unpaired) electrons. The Bertz CT molecular complexity index is 752. The molecule has 0 saturated carbocycles. The van der Waals surface area contributed by atoms with E-state index in [-0.39, 0.29) is 10.7 Å². The summed E-state index contributed by atoms with van der Waals surface area (Å²) in [5, 5.41) is 6.57. The average molecular weight is 368 g/mol. The maximum absolute atomic E-state index is 12.0. The van der Waals surface area contributed by atoms with E-state index in [1.165, 1.54) is 14.2 Å². The third-order valence-corrected chi connectivity index (χ3v) is 4.57. The van der Waals surface area contributed by atoms with Gasteiger partial charge >= 0.3 is 11.9 Å². The van der Waals surface area contributed by atoms with Gasteiger partial charge in [0.2, 0.25) is 0 Å². The Balaban J connectivity index is 2.19. The Morgan fingerprint density at radius 1 is 1.29 bits per heavy atom. The van der Waals surface area contributed by atoms with E-state index in [9.17, 15) is 9.59 Å². The van der Waals surface area contributed by atoms with Gasteiger partial charge in [-0.1, -0.05) is 0 Å². The van der Waals surface area contributed by atoms with Gasteiger partial charge in [-0.25, -0.2) is 9.59 Å². The SMILES string of the molecule is COC(=O)c1sc(NC(=S)NCc2ccco2)c(C(=O)OC)c1C. The Kier molecular flexibility index (Phi) is 5.93. The van der Waals surface area contributed by atoms with Crippen LogP contribution in [-0.4, -0.2) is 31.3 Å². The van der Waals surface area contributed by atoms with Crippen LogP contribution in [0.4, 0.5) is 5.00 Å². The number of hydrogen-bond donors (Lipinski definition) is 2. The third kappa shape index (κ3) is 3.92. The summed E-state index contributed by atoms with van der Waals surface area (Å²) in [6.07, 6.45) is 1.56. The molecule has 2 N–H and O–H groups in total. The lowest BCUT2D eigenvalue weighted by molar-refractivity contribution is 0.0601. The van der Waals surface area contributed by atoms with Crippen LogP contribution in [0.15, 0.2) is 22.8 Å². The van der Waals surface area contributed by atoms with Gasteiger partial charge in [-0.05, 0) is 36.8 Å². The van der Waals surface area contributed by atoms with Gasteiger partial charge in [-0.15, -0.1) is 11.3 Å². The minimum atomic E-state index is -0.560. The summed E-state index contributed by atoms with van der Waals surface area (Å²) >= 11 is 6.29. The molecule has 2 aromatic rings. The molecule has 7 nitrogen and oxygen atoms in total. The van der Waals surface area contributed by atoms with Gasteiger partial charge in [0.1, 0.15) is 15.6 Å². The number of nitrogens with one attached hydrogen (secondary N) is 2. The van der Waals surface area contributed by atoms with Crippen molar-refractivity contribution in [3.05, 3.63) is 40.2 Å². The highest BCUT2D eigenvalue weighted by Gasteiger charge is 2.26. The van der Waals surface area contributed by atoms with E-state index in [0.29, 0.717) is 27.7 Å². The fourth-order valence-corrected chi connectivity index (χ4v) is 3.32. The van der Waals surface area contributed by atoms with E-state index in [1.54, 1.807) is 25.3 Å². The molecule has 0 amide bonds. The monoisotopic (exact) mass is 368 g/mol. The standard InChI is InChI=1S/C15H16N2O5S2/c1-8-10(13(18)20-2)12(24-11(8)14(19)21-3)17-15(23)16-7-9-5-4-6-22-9/h4-6H,7H2,1-3H3,(H2,16,17,23). The van der Waals surface area contributed by atoms with Gasteiger partial charge in [0.05, 0.1) is 32.6 Å². The molecule has 2 heterocycles. The van der Waals surface area contributed by atoms with Crippen LogP contribution in [0.3, 0.4) is 0 Å². The van der Waals surface area contributed by atoms with E-state index in [0.717, 1.165) is 11.3 Å². The molecule has 0 aliphatic carbocycles. The fraction of sp³-hybridized carbons (Fsp3) is 0.267. The Labute approximate surface area is 147 Å². The molecule has 0 aliphatic rings. The topological polar surface area (TPSA) is 89.8 Å². The maximum Gasteiger partial charge on any atom is 0.348 e. The lowest BCUT2D eigenvalue weighted by atomic mass is 10.1. The fourth-order valence-electron chi connectivity index (χ4n) is 1.96. The van der Waals surface area contributed by atoms with Crippen molar-refractivity contribution in [2.24, 2.45) is 0 Å². The Morgan fingerprint density at radius 2 is 2.00 bits per heavy atom. The molecule has 0 spiro atoms. The Hall–Kier alpha value is -2.39. The second-order valence-corrected chi connectivity index (χ2v) is 6.06. The van der Waals surface area contributed by atoms with E-state index in [4.69, 9.17) is 26.1 Å². The molecule has 24 heavy (non-hydrogen) atoms. The predicted molar refractivity (Wildman–Crippen MR) is 93.5 cm³/mol. The summed E-state index contributed by atoms with van der Waals surface area (Å²) in [6.45, 7) is 2.04. The van der Waals surface area contributed by atoms with Crippen LogP contribution in [-0.2, 0) is 16.0 Å². The van der Waals surface area contributed by atoms with Gasteiger partial charge in [-0.2, -0.15) is 0 Å². The number of hydrogen-bond acceptors (Lipinski definition) is 7. The summed E-state index contributed by atoms with van der Waals surface area (Å²) in [7, 11) is 2.55. The molecule has 2 aromatic heterocycles. The molecule has 0 bridgehead atoms. The van der Waals surface area contributed by atoms with Crippen molar-refractivity contribution >= 4 is 45.6 Å². The van der Waals surface area contributed by atoms with Crippen molar-refractivity contribution in [3.8, 4) is 0 Å². The number of furan rings is 1. The number of carbonyl (C=O) groups excluding carboxylic acids is 2.